The average Bonchev–Trinajstić information content (AvgIpc) is 2.20. The van der Waals surface area contributed by atoms with Crippen molar-refractivity contribution in [1.29, 1.82) is 0 Å². The van der Waals surface area contributed by atoms with Crippen molar-refractivity contribution in [2.45, 2.75) is 26.3 Å². The average molecular weight is 624 g/mol. The fraction of sp³-hybridized carbons (Fsp3) is 0.500. The molecule has 0 aliphatic carbocycles. The molecule has 0 fully saturated rings. The summed E-state index contributed by atoms with van der Waals surface area (Å²) in [6, 6.07) is 0. The Morgan fingerprint density at radius 2 is 1.04 bits per heavy atom. The van der Waals surface area contributed by atoms with E-state index >= 15 is 0 Å². The summed E-state index contributed by atoms with van der Waals surface area (Å²) in [5, 5.41) is 0. The monoisotopic (exact) mass is 618 g/mol. The molecule has 4 unspecified atom stereocenters. The Bertz CT molecular complexity index is 501. The summed E-state index contributed by atoms with van der Waals surface area (Å²) in [4.78, 5) is 40.4. The van der Waals surface area contributed by atoms with E-state index in [0.717, 1.165) is 0 Å². The second-order valence-corrected chi connectivity index (χ2v) is 6.37. The van der Waals surface area contributed by atoms with Gasteiger partial charge in [-0.3, -0.25) is 18.8 Å². The van der Waals surface area contributed by atoms with Crippen LogP contribution in [0.15, 0.2) is 12.2 Å². The molecule has 0 amide bonds. The molecule has 0 radical (unpaired) electrons. The van der Waals surface area contributed by atoms with E-state index in [0.29, 0.717) is 12.2 Å². The molecule has 136 valence electrons. The molecule has 4 atom stereocenters. The zero-order valence-corrected chi connectivity index (χ0v) is 28.0. The summed E-state index contributed by atoms with van der Waals surface area (Å²) in [5.74, 6) is -2.91. The number of carbonyl (C=O) groups is 2. The van der Waals surface area contributed by atoms with E-state index in [-0.39, 0.29) is 77.9 Å². The quantitative estimate of drug-likeness (QED) is 0.117. The summed E-state index contributed by atoms with van der Waals surface area (Å²) < 4.78 is 38.7. The Kier molecular flexibility index (Phi) is 25.3. The van der Waals surface area contributed by atoms with Crippen LogP contribution in [-0.2, 0) is 115 Å². The van der Waals surface area contributed by atoms with Gasteiger partial charge in [0.25, 0.3) is 0 Å². The van der Waals surface area contributed by atoms with Crippen LogP contribution in [0.1, 0.15) is 13.8 Å². The van der Waals surface area contributed by atoms with E-state index in [2.05, 4.69) is 18.1 Å². The van der Waals surface area contributed by atoms with Crippen molar-refractivity contribution in [3.63, 3.8) is 0 Å². The Hall–Kier alpha value is 1.39. The Balaban J connectivity index is -0.000000367. The summed E-state index contributed by atoms with van der Waals surface area (Å²) in [7, 11) is -9.50. The molecule has 0 saturated heterocycles. The molecule has 18 heteroatoms. The smallest absolute Gasteiger partial charge is 0.367 e. The summed E-state index contributed by atoms with van der Waals surface area (Å²) >= 11 is 0. The minimum atomic E-state index is -4.75. The number of phosphoric acid groups is 2. The van der Waals surface area contributed by atoms with Crippen molar-refractivity contribution >= 4 is 27.6 Å². The first-order chi connectivity index (χ1) is 9.83. The van der Waals surface area contributed by atoms with Gasteiger partial charge >= 0.3 is 27.6 Å². The zero-order chi connectivity index (χ0) is 17.6. The number of rotatable bonds is 8. The zero-order valence-electron chi connectivity index (χ0n) is 14.3. The van der Waals surface area contributed by atoms with Gasteiger partial charge in [0.1, 0.15) is 12.5 Å². The van der Waals surface area contributed by atoms with E-state index in [4.69, 9.17) is 21.3 Å². The molecule has 6 N–H and O–H groups in total. The predicted molar refractivity (Wildman–Crippen MR) is 70.4 cm³/mol. The van der Waals surface area contributed by atoms with Crippen LogP contribution >= 0.6 is 15.6 Å². The second-order valence-electron chi connectivity index (χ2n) is 3.71. The molecule has 0 saturated carbocycles. The summed E-state index contributed by atoms with van der Waals surface area (Å²) in [5.41, 5.74) is 10.1. The van der Waals surface area contributed by atoms with Crippen molar-refractivity contribution in [3.8, 4) is 0 Å². The first-order valence-electron chi connectivity index (χ1n) is 5.52. The van der Waals surface area contributed by atoms with Gasteiger partial charge in [-0.15, -0.1) is 0 Å². The van der Waals surface area contributed by atoms with E-state index in [1.807, 2.05) is 0 Å². The van der Waals surface area contributed by atoms with Crippen LogP contribution in [-0.4, -0.2) is 34.2 Å². The van der Waals surface area contributed by atoms with Crippen molar-refractivity contribution in [1.82, 2.24) is 0 Å². The fourth-order valence-corrected chi connectivity index (χ4v) is 2.39. The van der Waals surface area contributed by atoms with Crippen molar-refractivity contribution in [2.75, 3.05) is 0 Å². The van der Waals surface area contributed by atoms with Crippen LogP contribution < -0.4 is 11.5 Å². The maximum Gasteiger partial charge on any atom is 0.531 e. The molecule has 0 spiro atoms. The standard InChI is InChI=1S/C8H16N2O10P2.4Zn/c1-5(9)17-21(13,14)19-7(11)3-4-8(12)20-22(15,16)18-6(2)10;;;;/h3-6H,9-10H2,1-2H3,(H,13,14)(H,15,16);;;;/b4-3+;;;;. The maximum atomic E-state index is 11.2. The van der Waals surface area contributed by atoms with Gasteiger partial charge in [0.15, 0.2) is 0 Å². The van der Waals surface area contributed by atoms with E-state index in [1.54, 1.807) is 0 Å². The van der Waals surface area contributed by atoms with Gasteiger partial charge in [-0.2, -0.15) is 0 Å². The molecule has 0 heterocycles. The molecule has 0 aliphatic rings. The van der Waals surface area contributed by atoms with Gasteiger partial charge in [-0.1, -0.05) is 0 Å². The van der Waals surface area contributed by atoms with Crippen LogP contribution in [0.4, 0.5) is 0 Å². The second kappa shape index (κ2) is 17.3. The van der Waals surface area contributed by atoms with Crippen LogP contribution in [0.3, 0.4) is 0 Å². The molecule has 0 aromatic heterocycles. The first-order valence-corrected chi connectivity index (χ1v) is 8.51. The molecule has 26 heavy (non-hydrogen) atoms. The normalized spacial score (nSPS) is 16.7. The topological polar surface area (TPSA) is 198 Å². The molecule has 0 bridgehead atoms. The van der Waals surface area contributed by atoms with Crippen molar-refractivity contribution in [3.05, 3.63) is 12.2 Å². The number of nitrogens with two attached hydrogens (primary N) is 2. The predicted octanol–water partition coefficient (Wildman–Crippen LogP) is -0.538. The van der Waals surface area contributed by atoms with Crippen LogP contribution in [0.2, 0.25) is 0 Å². The number of carbonyl (C=O) groups excluding carboxylic acids is 2. The molecular formula is C8H16N2O10P2Zn4. The van der Waals surface area contributed by atoms with Crippen LogP contribution in [0, 0.1) is 0 Å². The van der Waals surface area contributed by atoms with Crippen LogP contribution in [0.25, 0.3) is 0 Å². The third kappa shape index (κ3) is 21.7. The first kappa shape index (κ1) is 38.1. The fourth-order valence-electron chi connectivity index (χ4n) is 0.888. The minimum absolute atomic E-state index is 0. The SMILES string of the molecule is CC(N)OP(=O)(O)OC(=O)/C=C/C(=O)OP(=O)(O)OC(C)N.[Zn].[Zn].[Zn].[Zn]. The van der Waals surface area contributed by atoms with Gasteiger partial charge < -0.3 is 20.5 Å². The van der Waals surface area contributed by atoms with Gasteiger partial charge in [-0.05, 0) is 13.8 Å². The van der Waals surface area contributed by atoms with Crippen molar-refractivity contribution in [2.24, 2.45) is 11.5 Å². The third-order valence-corrected chi connectivity index (χ3v) is 3.38. The molecule has 0 aromatic rings. The minimum Gasteiger partial charge on any atom is -0.367 e. The number of hydrogen-bond donors (Lipinski definition) is 4. The maximum absolute atomic E-state index is 11.2. The molecule has 12 nitrogen and oxygen atoms in total. The Morgan fingerprint density at radius 1 is 0.808 bits per heavy atom. The van der Waals surface area contributed by atoms with Gasteiger partial charge in [0, 0.05) is 90.1 Å². The van der Waals surface area contributed by atoms with E-state index in [1.165, 1.54) is 13.8 Å². The Morgan fingerprint density at radius 3 is 1.23 bits per heavy atom. The van der Waals surface area contributed by atoms with E-state index < -0.39 is 40.0 Å². The van der Waals surface area contributed by atoms with Gasteiger partial charge in [0.05, 0.1) is 0 Å². The van der Waals surface area contributed by atoms with E-state index in [9.17, 15) is 18.7 Å². The number of hydrogen-bond acceptors (Lipinski definition) is 10. The number of phosphoric ester groups is 2. The summed E-state index contributed by atoms with van der Waals surface area (Å²) in [6.45, 7) is 2.42. The van der Waals surface area contributed by atoms with Crippen molar-refractivity contribution < 1.29 is 125 Å². The largest absolute Gasteiger partial charge is 0.531 e. The summed E-state index contributed by atoms with van der Waals surface area (Å²) in [6.07, 6.45) is -1.65. The van der Waals surface area contributed by atoms with Gasteiger partial charge in [-0.25, -0.2) is 18.7 Å². The molecule has 0 aromatic carbocycles. The Labute approximate surface area is 200 Å². The molecule has 0 rings (SSSR count). The third-order valence-electron chi connectivity index (χ3n) is 1.37. The van der Waals surface area contributed by atoms with Crippen LogP contribution in [0.5, 0.6) is 0 Å². The molecule has 0 aliphatic heterocycles. The van der Waals surface area contributed by atoms with Gasteiger partial charge in [0.2, 0.25) is 0 Å². The molecular weight excluding hydrogens is 608 g/mol.